The van der Waals surface area contributed by atoms with E-state index in [4.69, 9.17) is 0 Å². The summed E-state index contributed by atoms with van der Waals surface area (Å²) in [4.78, 5) is 0. The van der Waals surface area contributed by atoms with Crippen molar-refractivity contribution in [3.63, 3.8) is 0 Å². The zero-order chi connectivity index (χ0) is 20.0. The average Bonchev–Trinajstić information content (AvgIpc) is 2.53. The van der Waals surface area contributed by atoms with E-state index in [1.807, 2.05) is 75.3 Å². The summed E-state index contributed by atoms with van der Waals surface area (Å²) in [6, 6.07) is 0. The molecule has 0 unspecified atom stereocenters. The van der Waals surface area contributed by atoms with Crippen molar-refractivity contribution in [3.8, 4) is 0 Å². The summed E-state index contributed by atoms with van der Waals surface area (Å²) in [6.07, 6.45) is 6.29. The Labute approximate surface area is 146 Å². The molecule has 0 rings (SSSR count). The lowest BCUT2D eigenvalue weighted by Gasteiger charge is -1.81. The number of hydrogen-bond acceptors (Lipinski definition) is 0. The average molecular weight is 317 g/mol. The molecule has 0 nitrogen and oxygen atoms in total. The van der Waals surface area contributed by atoms with Gasteiger partial charge in [-0.15, -0.1) is 13.2 Å². The van der Waals surface area contributed by atoms with Gasteiger partial charge in [-0.25, -0.2) is 0 Å². The third kappa shape index (κ3) is 615. The van der Waals surface area contributed by atoms with Crippen LogP contribution in [0.4, 0.5) is 0 Å². The molecule has 0 radical (unpaired) electrons. The summed E-state index contributed by atoms with van der Waals surface area (Å²) >= 11 is 0. The van der Waals surface area contributed by atoms with Gasteiger partial charge < -0.3 is 0 Å². The van der Waals surface area contributed by atoms with Gasteiger partial charge >= 0.3 is 0 Å². The van der Waals surface area contributed by atoms with Crippen LogP contribution >= 0.6 is 0 Å². The minimum Gasteiger partial charge on any atom is -0.103 e. The van der Waals surface area contributed by atoms with E-state index in [9.17, 15) is 0 Å². The molecule has 0 N–H and O–H groups in total. The van der Waals surface area contributed by atoms with E-state index < -0.39 is 0 Å². The van der Waals surface area contributed by atoms with Gasteiger partial charge in [-0.1, -0.05) is 99.0 Å². The second-order valence-corrected chi connectivity index (χ2v) is 3.72. The molecule has 0 heteroatoms. The Morgan fingerprint density at radius 2 is 0.909 bits per heavy atom. The van der Waals surface area contributed by atoms with E-state index in [-0.39, 0.29) is 0 Å². The highest BCUT2D eigenvalue weighted by Gasteiger charge is 1.69. The van der Waals surface area contributed by atoms with Gasteiger partial charge in [0.2, 0.25) is 0 Å². The molecule has 22 heavy (non-hydrogen) atoms. The minimum absolute atomic E-state index is 1.00. The fourth-order valence-electron chi connectivity index (χ4n) is 0.319. The van der Waals surface area contributed by atoms with Crippen LogP contribution in [0.3, 0.4) is 0 Å². The molecule has 0 bridgehead atoms. The van der Waals surface area contributed by atoms with Gasteiger partial charge in [0.15, 0.2) is 0 Å². The largest absolute Gasteiger partial charge is 0.103 e. The Morgan fingerprint density at radius 3 is 0.955 bits per heavy atom. The lowest BCUT2D eigenvalue weighted by atomic mass is 10.3. The Morgan fingerprint density at radius 1 is 0.727 bits per heavy atom. The van der Waals surface area contributed by atoms with E-state index in [1.165, 1.54) is 17.6 Å². The predicted octanol–water partition coefficient (Wildman–Crippen LogP) is 9.63. The van der Waals surface area contributed by atoms with Crippen LogP contribution in [0.25, 0.3) is 0 Å². The van der Waals surface area contributed by atoms with Crippen LogP contribution < -0.4 is 0 Å². The van der Waals surface area contributed by atoms with Crippen molar-refractivity contribution in [1.29, 1.82) is 0 Å². The molecule has 0 aromatic carbocycles. The van der Waals surface area contributed by atoms with E-state index in [0.717, 1.165) is 6.42 Å². The number of rotatable bonds is 2. The maximum Gasteiger partial charge on any atom is -0.0169 e. The lowest BCUT2D eigenvalue weighted by Crippen LogP contribution is -1.60. The van der Waals surface area contributed by atoms with E-state index in [1.54, 1.807) is 0 Å². The molecule has 0 spiro atoms. The Kier molecular flexibility index (Phi) is 171. The van der Waals surface area contributed by atoms with Gasteiger partial charge in [-0.3, -0.25) is 0 Å². The molecule has 0 amide bonds. The summed E-state index contributed by atoms with van der Waals surface area (Å²) in [5.41, 5.74) is 2.53. The molecule has 0 fully saturated rings. The smallest absolute Gasteiger partial charge is 0.0169 e. The SMILES string of the molecule is C=C(C)C.C=CCC=C(C)C.CC.CC.CC.CC.CCC. The van der Waals surface area contributed by atoms with Crippen LogP contribution in [0.1, 0.15) is 110 Å². The third-order valence-electron chi connectivity index (χ3n) is 0.693. The molecule has 0 aromatic rings. The normalized spacial score (nSPS) is 5.55. The number of hydrogen-bond donors (Lipinski definition) is 0. The first-order valence-corrected chi connectivity index (χ1v) is 9.28. The topological polar surface area (TPSA) is 0 Å². The Hall–Kier alpha value is -0.780. The van der Waals surface area contributed by atoms with E-state index in [0.29, 0.717) is 0 Å². The van der Waals surface area contributed by atoms with Gasteiger partial charge in [0, 0.05) is 0 Å². The van der Waals surface area contributed by atoms with Crippen molar-refractivity contribution in [2.45, 2.75) is 110 Å². The molecule has 0 aliphatic rings. The first-order valence-electron chi connectivity index (χ1n) is 9.28. The molecule has 0 saturated carbocycles. The van der Waals surface area contributed by atoms with Gasteiger partial charge in [-0.2, -0.15) is 0 Å². The third-order valence-corrected chi connectivity index (χ3v) is 0.693. The van der Waals surface area contributed by atoms with Crippen molar-refractivity contribution < 1.29 is 0 Å². The molecule has 0 atom stereocenters. The fraction of sp³-hybridized carbons (Fsp3) is 0.727. The molecular weight excluding hydrogens is 264 g/mol. The fourth-order valence-corrected chi connectivity index (χ4v) is 0.319. The standard InChI is InChI=1S/C7H12.C4H8.C3H8.4C2H6/c1-4-5-6-7(2)3;1-4(2)3;1-3-2;4*1-2/h4,6H,1,5H2,2-3H3;1H2,2-3H3;3H2,1-2H3;4*1-2H3. The molecule has 0 heterocycles. The highest BCUT2D eigenvalue weighted by Crippen LogP contribution is 1.91. The second kappa shape index (κ2) is 87.9. The van der Waals surface area contributed by atoms with Crippen LogP contribution in [-0.2, 0) is 0 Å². The highest BCUT2D eigenvalue weighted by atomic mass is 13.8. The minimum atomic E-state index is 1.00. The zero-order valence-electron chi connectivity index (χ0n) is 19.0. The first kappa shape index (κ1) is 42.9. The van der Waals surface area contributed by atoms with Crippen molar-refractivity contribution in [3.05, 3.63) is 36.5 Å². The lowest BCUT2D eigenvalue weighted by molar-refractivity contribution is 1.09. The summed E-state index contributed by atoms with van der Waals surface area (Å²) < 4.78 is 0. The highest BCUT2D eigenvalue weighted by molar-refractivity contribution is 4.96. The molecule has 0 saturated heterocycles. The Balaban J connectivity index is -0.0000000262. The van der Waals surface area contributed by atoms with Crippen molar-refractivity contribution in [2.24, 2.45) is 0 Å². The molecule has 0 aromatic heterocycles. The quantitative estimate of drug-likeness (QED) is 0.445. The van der Waals surface area contributed by atoms with Crippen molar-refractivity contribution >= 4 is 0 Å². The summed E-state index contributed by atoms with van der Waals surface area (Å²) in [6.45, 7) is 35.5. The van der Waals surface area contributed by atoms with Gasteiger partial charge in [0.05, 0.1) is 0 Å². The van der Waals surface area contributed by atoms with Crippen LogP contribution in [0.15, 0.2) is 36.5 Å². The summed E-state index contributed by atoms with van der Waals surface area (Å²) in [7, 11) is 0. The maximum absolute atomic E-state index is 3.59. The zero-order valence-corrected chi connectivity index (χ0v) is 19.0. The van der Waals surface area contributed by atoms with Crippen LogP contribution in [0.2, 0.25) is 0 Å². The second-order valence-electron chi connectivity index (χ2n) is 3.72. The summed E-state index contributed by atoms with van der Waals surface area (Å²) in [5.74, 6) is 0. The predicted molar refractivity (Wildman–Crippen MR) is 116 cm³/mol. The Bertz CT molecular complexity index is 141. The summed E-state index contributed by atoms with van der Waals surface area (Å²) in [5, 5.41) is 0. The van der Waals surface area contributed by atoms with E-state index in [2.05, 4.69) is 46.9 Å². The van der Waals surface area contributed by atoms with E-state index >= 15 is 0 Å². The van der Waals surface area contributed by atoms with Crippen LogP contribution in [-0.4, -0.2) is 0 Å². The first-order chi connectivity index (χ1) is 10.4. The monoisotopic (exact) mass is 316 g/mol. The van der Waals surface area contributed by atoms with Crippen molar-refractivity contribution in [2.75, 3.05) is 0 Å². The van der Waals surface area contributed by atoms with Gasteiger partial charge in [0.1, 0.15) is 0 Å². The maximum atomic E-state index is 3.59. The van der Waals surface area contributed by atoms with Crippen LogP contribution in [0, 0.1) is 0 Å². The number of allylic oxidation sites excluding steroid dienone is 4. The molecule has 0 aliphatic carbocycles. The van der Waals surface area contributed by atoms with Crippen molar-refractivity contribution in [1.82, 2.24) is 0 Å². The van der Waals surface area contributed by atoms with Gasteiger partial charge in [-0.05, 0) is 34.1 Å². The van der Waals surface area contributed by atoms with Crippen LogP contribution in [0.5, 0.6) is 0 Å². The molecule has 0 aliphatic heterocycles. The molecular formula is C22H52. The van der Waals surface area contributed by atoms with Gasteiger partial charge in [0.25, 0.3) is 0 Å². The molecule has 140 valence electrons.